The molecule has 228 valence electrons. The highest BCUT2D eigenvalue weighted by molar-refractivity contribution is 7.86. The number of hydrogen-bond donors (Lipinski definition) is 2. The number of nitrogens with one attached hydrogen (secondary N) is 2. The van der Waals surface area contributed by atoms with Crippen molar-refractivity contribution in [1.29, 1.82) is 0 Å². The third kappa shape index (κ3) is 6.79. The number of aromatic amines is 1. The Morgan fingerprint density at radius 3 is 2.51 bits per heavy atom. The summed E-state index contributed by atoms with van der Waals surface area (Å²) in [5.41, 5.74) is 3.12. The highest BCUT2D eigenvalue weighted by Gasteiger charge is 2.27. The molecule has 5 rings (SSSR count). The van der Waals surface area contributed by atoms with Gasteiger partial charge >= 0.3 is 5.97 Å². The smallest absolute Gasteiger partial charge is 0.339 e. The van der Waals surface area contributed by atoms with E-state index in [9.17, 15) is 9.00 Å². The van der Waals surface area contributed by atoms with E-state index in [0.29, 0.717) is 45.9 Å². The average molecular weight is 606 g/mol. The van der Waals surface area contributed by atoms with E-state index in [-0.39, 0.29) is 5.97 Å². The summed E-state index contributed by atoms with van der Waals surface area (Å²) in [5, 5.41) is 11.4. The van der Waals surface area contributed by atoms with Crippen molar-refractivity contribution in [2.45, 2.75) is 63.5 Å². The van der Waals surface area contributed by atoms with Gasteiger partial charge in [0.2, 0.25) is 0 Å². The van der Waals surface area contributed by atoms with Crippen LogP contribution in [0.2, 0.25) is 0 Å². The zero-order valence-corrected chi connectivity index (χ0v) is 26.4. The van der Waals surface area contributed by atoms with Crippen LogP contribution >= 0.6 is 0 Å². The number of aromatic nitrogens is 5. The Balaban J connectivity index is 1.27. The molecule has 0 spiro atoms. The lowest BCUT2D eigenvalue weighted by Crippen LogP contribution is -2.34. The van der Waals surface area contributed by atoms with Gasteiger partial charge in [0.25, 0.3) is 0 Å². The van der Waals surface area contributed by atoms with Crippen LogP contribution in [0, 0.1) is 19.8 Å². The van der Waals surface area contributed by atoms with Gasteiger partial charge in [0.1, 0.15) is 23.7 Å². The number of anilines is 3. The predicted molar refractivity (Wildman–Crippen MR) is 168 cm³/mol. The molecule has 0 aliphatic carbocycles. The average Bonchev–Trinajstić information content (AvgIpc) is 3.32. The second-order valence-electron chi connectivity index (χ2n) is 11.8. The number of carbonyl (C=O) groups is 1. The maximum atomic E-state index is 13.7. The molecule has 1 atom stereocenters. The predicted octanol–water partition coefficient (Wildman–Crippen LogP) is 5.49. The van der Waals surface area contributed by atoms with Gasteiger partial charge in [-0.05, 0) is 78.0 Å². The lowest BCUT2D eigenvalue weighted by Gasteiger charge is -2.32. The zero-order valence-electron chi connectivity index (χ0n) is 25.6. The Hall–Kier alpha value is -4.06. The summed E-state index contributed by atoms with van der Waals surface area (Å²) in [6.45, 7) is 12.1. The lowest BCUT2D eigenvalue weighted by atomic mass is 9.94. The third-order valence-corrected chi connectivity index (χ3v) is 9.67. The molecule has 1 aliphatic heterocycles. The maximum Gasteiger partial charge on any atom is 0.339 e. The largest absolute Gasteiger partial charge is 0.492 e. The van der Waals surface area contributed by atoms with E-state index in [2.05, 4.69) is 35.4 Å². The molecule has 0 radical (unpaired) electrons. The number of ether oxygens (including phenoxy) is 2. The molecule has 43 heavy (non-hydrogen) atoms. The molecule has 11 nitrogen and oxygen atoms in total. The molecule has 1 fully saturated rings. The minimum atomic E-state index is -1.34. The molecule has 0 amide bonds. The molecule has 1 saturated heterocycles. The number of carbonyl (C=O) groups excluding carboxylic acids is 1. The second kappa shape index (κ2) is 12.7. The number of rotatable bonds is 9. The summed E-state index contributed by atoms with van der Waals surface area (Å²) in [6.07, 6.45) is 5.98. The van der Waals surface area contributed by atoms with Crippen LogP contribution in [0.3, 0.4) is 0 Å². The van der Waals surface area contributed by atoms with E-state index >= 15 is 0 Å². The quantitative estimate of drug-likeness (QED) is 0.236. The van der Waals surface area contributed by atoms with Crippen LogP contribution in [-0.4, -0.2) is 66.9 Å². The Bertz CT molecular complexity index is 1620. The van der Waals surface area contributed by atoms with Crippen LogP contribution in [0.5, 0.6) is 5.75 Å². The van der Waals surface area contributed by atoms with E-state index in [1.165, 1.54) is 13.4 Å². The Kier molecular flexibility index (Phi) is 8.95. The SMILES string of the molecule is COC(=O)c1ccc(N2CCC(CCOc3cc4ncnc(Nc5n[nH]c(C)c5C)c4cc3S(=O)C(C)(C)C)CC2)nc1. The first-order valence-electron chi connectivity index (χ1n) is 14.5. The van der Waals surface area contributed by atoms with Crippen molar-refractivity contribution in [2.75, 3.05) is 37.0 Å². The van der Waals surface area contributed by atoms with Gasteiger partial charge in [0.15, 0.2) is 5.82 Å². The fraction of sp³-hybridized carbons (Fsp3) is 0.452. The molecule has 0 bridgehead atoms. The van der Waals surface area contributed by atoms with Crippen molar-refractivity contribution < 1.29 is 18.5 Å². The molecule has 4 heterocycles. The monoisotopic (exact) mass is 605 g/mol. The van der Waals surface area contributed by atoms with Gasteiger partial charge in [0, 0.05) is 46.7 Å². The fourth-order valence-corrected chi connectivity index (χ4v) is 6.25. The molecular formula is C31H39N7O4S. The van der Waals surface area contributed by atoms with E-state index in [1.807, 2.05) is 52.8 Å². The van der Waals surface area contributed by atoms with Crippen LogP contribution < -0.4 is 15.0 Å². The number of piperidine rings is 1. The number of fused-ring (bicyclic) bond motifs is 1. The van der Waals surface area contributed by atoms with E-state index < -0.39 is 15.5 Å². The summed E-state index contributed by atoms with van der Waals surface area (Å²) < 4.78 is 24.3. The molecule has 1 aliphatic rings. The highest BCUT2D eigenvalue weighted by Crippen LogP contribution is 2.35. The number of aryl methyl sites for hydroxylation is 1. The van der Waals surface area contributed by atoms with Gasteiger partial charge in [-0.2, -0.15) is 5.10 Å². The molecule has 2 N–H and O–H groups in total. The fourth-order valence-electron chi connectivity index (χ4n) is 5.07. The van der Waals surface area contributed by atoms with E-state index in [4.69, 9.17) is 9.47 Å². The Labute approximate surface area is 254 Å². The molecule has 4 aromatic rings. The number of hydrogen-bond acceptors (Lipinski definition) is 10. The zero-order chi connectivity index (χ0) is 30.7. The van der Waals surface area contributed by atoms with Gasteiger partial charge in [-0.3, -0.25) is 9.31 Å². The first-order valence-corrected chi connectivity index (χ1v) is 15.6. The van der Waals surface area contributed by atoms with Crippen molar-refractivity contribution in [3.8, 4) is 5.75 Å². The Morgan fingerprint density at radius 1 is 1.12 bits per heavy atom. The minimum absolute atomic E-state index is 0.387. The van der Waals surface area contributed by atoms with Crippen molar-refractivity contribution >= 4 is 45.1 Å². The number of H-pyrrole nitrogens is 1. The van der Waals surface area contributed by atoms with Gasteiger partial charge < -0.3 is 19.7 Å². The highest BCUT2D eigenvalue weighted by atomic mass is 32.2. The first kappa shape index (κ1) is 30.4. The van der Waals surface area contributed by atoms with Crippen LogP contribution in [0.4, 0.5) is 17.5 Å². The first-order chi connectivity index (χ1) is 20.5. The summed E-state index contributed by atoms with van der Waals surface area (Å²) in [7, 11) is 0.0281. The van der Waals surface area contributed by atoms with Gasteiger partial charge in [-0.25, -0.2) is 19.7 Å². The molecule has 1 unspecified atom stereocenters. The maximum absolute atomic E-state index is 13.7. The van der Waals surface area contributed by atoms with Crippen LogP contribution in [0.1, 0.15) is 61.6 Å². The van der Waals surface area contributed by atoms with Crippen molar-refractivity contribution in [3.05, 3.63) is 53.6 Å². The molecule has 3 aromatic heterocycles. The van der Waals surface area contributed by atoms with Gasteiger partial charge in [-0.15, -0.1) is 0 Å². The Morgan fingerprint density at radius 2 is 1.88 bits per heavy atom. The van der Waals surface area contributed by atoms with E-state index in [1.54, 1.807) is 12.3 Å². The number of nitrogens with zero attached hydrogens (tertiary/aromatic N) is 5. The number of benzene rings is 1. The molecule has 12 heteroatoms. The second-order valence-corrected chi connectivity index (χ2v) is 14.0. The summed E-state index contributed by atoms with van der Waals surface area (Å²) in [4.78, 5) is 28.0. The number of methoxy groups -OCH3 is 1. The van der Waals surface area contributed by atoms with Crippen molar-refractivity contribution in [3.63, 3.8) is 0 Å². The van der Waals surface area contributed by atoms with Crippen LogP contribution in [-0.2, 0) is 15.5 Å². The molecule has 1 aromatic carbocycles. The topological polar surface area (TPSA) is 135 Å². The van der Waals surface area contributed by atoms with Gasteiger partial charge in [-0.1, -0.05) is 0 Å². The number of pyridine rings is 1. The summed E-state index contributed by atoms with van der Waals surface area (Å²) in [6, 6.07) is 7.38. The van der Waals surface area contributed by atoms with Crippen LogP contribution in [0.25, 0.3) is 10.9 Å². The normalized spacial score (nSPS) is 15.0. The van der Waals surface area contributed by atoms with Gasteiger partial charge in [0.05, 0.1) is 40.5 Å². The van der Waals surface area contributed by atoms with Crippen molar-refractivity contribution in [1.82, 2.24) is 25.1 Å². The third-order valence-electron chi connectivity index (χ3n) is 7.84. The molecule has 0 saturated carbocycles. The standard InChI is InChI=1S/C31H39N7O4S/c1-19-20(2)36-37-28(19)35-29-23-15-26(43(40)31(3,4)5)25(16-24(23)33-18-34-29)42-14-11-21-9-12-38(13-10-21)27-8-7-22(17-32-27)30(39)41-6/h7-8,15-18,21H,9-14H2,1-6H3,(H2,33,34,35,36,37). The minimum Gasteiger partial charge on any atom is -0.492 e. The van der Waals surface area contributed by atoms with Crippen molar-refractivity contribution in [2.24, 2.45) is 5.92 Å². The van der Waals surface area contributed by atoms with Crippen LogP contribution in [0.15, 0.2) is 41.7 Å². The molecular weight excluding hydrogens is 566 g/mol. The summed E-state index contributed by atoms with van der Waals surface area (Å²) in [5.74, 6) is 2.85. The van der Waals surface area contributed by atoms with E-state index in [0.717, 1.165) is 54.8 Å². The number of esters is 1. The lowest BCUT2D eigenvalue weighted by molar-refractivity contribution is 0.0600. The summed E-state index contributed by atoms with van der Waals surface area (Å²) >= 11 is 0.